The van der Waals surface area contributed by atoms with Crippen LogP contribution in [0, 0.1) is 0 Å². The summed E-state index contributed by atoms with van der Waals surface area (Å²) in [5.41, 5.74) is 0.728. The van der Waals surface area contributed by atoms with Crippen molar-refractivity contribution >= 4 is 21.7 Å². The monoisotopic (exact) mass is 328 g/mol. The van der Waals surface area contributed by atoms with Crippen molar-refractivity contribution in [3.8, 4) is 5.75 Å². The van der Waals surface area contributed by atoms with Gasteiger partial charge in [-0.1, -0.05) is 0 Å². The first-order valence-corrected chi connectivity index (χ1v) is 8.51. The molecule has 1 atom stereocenters. The Morgan fingerprint density at radius 3 is 2.91 bits per heavy atom. The van der Waals surface area contributed by atoms with E-state index in [1.807, 2.05) is 18.9 Å². The summed E-state index contributed by atoms with van der Waals surface area (Å²) < 4.78 is 32.5. The molecule has 1 aromatic carbocycles. The van der Waals surface area contributed by atoms with Gasteiger partial charge in [-0.05, 0) is 31.5 Å². The number of hydrogen-bond donors (Lipinski definition) is 2. The zero-order chi connectivity index (χ0) is 16.3. The van der Waals surface area contributed by atoms with Crippen LogP contribution >= 0.6 is 0 Å². The third kappa shape index (κ3) is 3.89. The van der Waals surface area contributed by atoms with Gasteiger partial charge >= 0.3 is 5.97 Å². The van der Waals surface area contributed by atoms with Crippen LogP contribution in [0.2, 0.25) is 0 Å². The van der Waals surface area contributed by atoms with Crippen molar-refractivity contribution < 1.29 is 23.1 Å². The Kier molecular flexibility index (Phi) is 4.92. The zero-order valence-corrected chi connectivity index (χ0v) is 13.4. The zero-order valence-electron chi connectivity index (χ0n) is 12.6. The molecule has 0 saturated heterocycles. The van der Waals surface area contributed by atoms with Gasteiger partial charge in [0.25, 0.3) is 0 Å². The molecule has 0 bridgehead atoms. The van der Waals surface area contributed by atoms with Crippen molar-refractivity contribution in [3.63, 3.8) is 0 Å². The highest BCUT2D eigenvalue weighted by Crippen LogP contribution is 2.34. The molecule has 7 nitrogen and oxygen atoms in total. The van der Waals surface area contributed by atoms with E-state index < -0.39 is 16.0 Å². The minimum Gasteiger partial charge on any atom is -0.487 e. The quantitative estimate of drug-likeness (QED) is 0.758. The second kappa shape index (κ2) is 6.53. The maximum atomic E-state index is 12.2. The average molecular weight is 328 g/mol. The number of carbonyl (C=O) groups is 1. The molecule has 2 rings (SSSR count). The maximum Gasteiger partial charge on any atom is 0.303 e. The number of carboxylic acid groups (broad SMARTS) is 1. The summed E-state index contributed by atoms with van der Waals surface area (Å²) in [6, 6.07) is 4.71. The number of hydrogen-bond acceptors (Lipinski definition) is 5. The van der Waals surface area contributed by atoms with Crippen molar-refractivity contribution in [2.45, 2.75) is 30.8 Å². The predicted molar refractivity (Wildman–Crippen MR) is 81.9 cm³/mol. The highest BCUT2D eigenvalue weighted by molar-refractivity contribution is 7.89. The Labute approximate surface area is 129 Å². The highest BCUT2D eigenvalue weighted by Gasteiger charge is 2.23. The van der Waals surface area contributed by atoms with Crippen LogP contribution in [0.3, 0.4) is 0 Å². The SMILES string of the molecule is CC1CN(C)c2cc(S(=O)(=O)NCCCC(=O)O)ccc2O1. The third-order valence-electron chi connectivity index (χ3n) is 3.37. The number of sulfonamides is 1. The molecule has 8 heteroatoms. The summed E-state index contributed by atoms with van der Waals surface area (Å²) in [7, 11) is -1.77. The average Bonchev–Trinajstić information content (AvgIpc) is 2.43. The number of benzene rings is 1. The number of ether oxygens (including phenoxy) is 1. The Balaban J connectivity index is 2.12. The molecule has 0 radical (unpaired) electrons. The van der Waals surface area contributed by atoms with E-state index in [0.717, 1.165) is 5.69 Å². The van der Waals surface area contributed by atoms with E-state index in [-0.39, 0.29) is 30.4 Å². The highest BCUT2D eigenvalue weighted by atomic mass is 32.2. The third-order valence-corrected chi connectivity index (χ3v) is 4.83. The molecule has 1 unspecified atom stereocenters. The van der Waals surface area contributed by atoms with E-state index in [1.54, 1.807) is 12.1 Å². The van der Waals surface area contributed by atoms with Crippen LogP contribution in [0.5, 0.6) is 5.75 Å². The number of rotatable bonds is 6. The van der Waals surface area contributed by atoms with Crippen LogP contribution in [0.25, 0.3) is 0 Å². The van der Waals surface area contributed by atoms with Gasteiger partial charge in [-0.3, -0.25) is 4.79 Å². The fourth-order valence-corrected chi connectivity index (χ4v) is 3.42. The van der Waals surface area contributed by atoms with Crippen LogP contribution in [-0.2, 0) is 14.8 Å². The van der Waals surface area contributed by atoms with Gasteiger partial charge in [0, 0.05) is 20.0 Å². The summed E-state index contributed by atoms with van der Waals surface area (Å²) in [5, 5.41) is 8.55. The lowest BCUT2D eigenvalue weighted by Crippen LogP contribution is -2.35. The molecule has 0 fully saturated rings. The van der Waals surface area contributed by atoms with Crippen LogP contribution in [0.1, 0.15) is 19.8 Å². The standard InChI is InChI=1S/C14H20N2O5S/c1-10-9-16(2)12-8-11(5-6-13(12)21-10)22(19,20)15-7-3-4-14(17)18/h5-6,8,10,15H,3-4,7,9H2,1-2H3,(H,17,18). The summed E-state index contributed by atoms with van der Waals surface area (Å²) in [6.45, 7) is 2.73. The molecule has 1 heterocycles. The fraction of sp³-hybridized carbons (Fsp3) is 0.500. The number of carboxylic acids is 1. The van der Waals surface area contributed by atoms with Gasteiger partial charge in [-0.15, -0.1) is 0 Å². The van der Waals surface area contributed by atoms with Crippen LogP contribution < -0.4 is 14.4 Å². The number of anilines is 1. The molecule has 1 aliphatic heterocycles. The lowest BCUT2D eigenvalue weighted by atomic mass is 10.2. The summed E-state index contributed by atoms with van der Waals surface area (Å²) >= 11 is 0. The normalized spacial score (nSPS) is 17.7. The molecule has 0 aliphatic carbocycles. The molecule has 1 aliphatic rings. The first-order valence-electron chi connectivity index (χ1n) is 7.03. The molecular formula is C14H20N2O5S. The van der Waals surface area contributed by atoms with Gasteiger partial charge in [0.05, 0.1) is 17.1 Å². The molecule has 122 valence electrons. The van der Waals surface area contributed by atoms with Crippen LogP contribution in [0.15, 0.2) is 23.1 Å². The number of nitrogens with one attached hydrogen (secondary N) is 1. The Morgan fingerprint density at radius 2 is 2.23 bits per heavy atom. The van der Waals surface area contributed by atoms with Gasteiger partial charge in [-0.2, -0.15) is 0 Å². The van der Waals surface area contributed by atoms with Crippen LogP contribution in [-0.4, -0.2) is 45.7 Å². The molecule has 22 heavy (non-hydrogen) atoms. The summed E-state index contributed by atoms with van der Waals surface area (Å²) in [5.74, 6) is -0.285. The number of aliphatic carboxylic acids is 1. The van der Waals surface area contributed by atoms with Gasteiger partial charge in [0.15, 0.2) is 0 Å². The molecule has 0 saturated carbocycles. The van der Waals surface area contributed by atoms with E-state index in [0.29, 0.717) is 12.3 Å². The van der Waals surface area contributed by atoms with Gasteiger partial charge in [-0.25, -0.2) is 13.1 Å². The number of likely N-dealkylation sites (N-methyl/N-ethyl adjacent to an activating group) is 1. The fourth-order valence-electron chi connectivity index (χ4n) is 2.33. The van der Waals surface area contributed by atoms with E-state index in [9.17, 15) is 13.2 Å². The number of fused-ring (bicyclic) bond motifs is 1. The second-order valence-electron chi connectivity index (χ2n) is 5.33. The Hall–Kier alpha value is -1.80. The van der Waals surface area contributed by atoms with Gasteiger partial charge in [0.2, 0.25) is 10.0 Å². The van der Waals surface area contributed by atoms with Crippen LogP contribution in [0.4, 0.5) is 5.69 Å². The van der Waals surface area contributed by atoms with E-state index in [4.69, 9.17) is 9.84 Å². The smallest absolute Gasteiger partial charge is 0.303 e. The first kappa shape index (κ1) is 16.6. The van der Waals surface area contributed by atoms with Crippen molar-refractivity contribution in [1.82, 2.24) is 4.72 Å². The lowest BCUT2D eigenvalue weighted by Gasteiger charge is -2.32. The minimum atomic E-state index is -3.65. The number of nitrogens with zero attached hydrogens (tertiary/aromatic N) is 1. The summed E-state index contributed by atoms with van der Waals surface area (Å²) in [6.07, 6.45) is 0.232. The van der Waals surface area contributed by atoms with Gasteiger partial charge < -0.3 is 14.7 Å². The molecule has 1 aromatic rings. The topological polar surface area (TPSA) is 95.9 Å². The second-order valence-corrected chi connectivity index (χ2v) is 7.10. The largest absolute Gasteiger partial charge is 0.487 e. The first-order chi connectivity index (χ1) is 10.3. The van der Waals surface area contributed by atoms with E-state index >= 15 is 0 Å². The molecule has 0 amide bonds. The van der Waals surface area contributed by atoms with Gasteiger partial charge in [0.1, 0.15) is 11.9 Å². The minimum absolute atomic E-state index is 0.0501. The van der Waals surface area contributed by atoms with E-state index in [1.165, 1.54) is 6.07 Å². The lowest BCUT2D eigenvalue weighted by molar-refractivity contribution is -0.137. The Morgan fingerprint density at radius 1 is 1.50 bits per heavy atom. The molecule has 2 N–H and O–H groups in total. The maximum absolute atomic E-state index is 12.2. The van der Waals surface area contributed by atoms with Crippen molar-refractivity contribution in [3.05, 3.63) is 18.2 Å². The van der Waals surface area contributed by atoms with E-state index in [2.05, 4.69) is 4.72 Å². The predicted octanol–water partition coefficient (Wildman–Crippen LogP) is 1.05. The summed E-state index contributed by atoms with van der Waals surface area (Å²) in [4.78, 5) is 12.5. The molecule has 0 aromatic heterocycles. The molecular weight excluding hydrogens is 308 g/mol. The van der Waals surface area contributed by atoms with Crippen molar-refractivity contribution in [2.75, 3.05) is 25.0 Å². The Bertz CT molecular complexity index is 659. The molecule has 0 spiro atoms. The van der Waals surface area contributed by atoms with Crippen molar-refractivity contribution in [2.24, 2.45) is 0 Å². The van der Waals surface area contributed by atoms with Crippen molar-refractivity contribution in [1.29, 1.82) is 0 Å².